The highest BCUT2D eigenvalue weighted by Gasteiger charge is 2.68. The third kappa shape index (κ3) is 3.60. The Morgan fingerprint density at radius 2 is 1.72 bits per heavy atom. The molecule has 4 aliphatic carbocycles. The highest BCUT2D eigenvalue weighted by atomic mass is 35.5. The van der Waals surface area contributed by atoms with Gasteiger partial charge in [-0.05, 0) is 73.5 Å². The second-order valence-corrected chi connectivity index (χ2v) is 12.0. The second kappa shape index (κ2) is 8.26. The Balaban J connectivity index is 1.56. The van der Waals surface area contributed by atoms with Crippen LogP contribution in [-0.2, 0) is 23.9 Å². The van der Waals surface area contributed by atoms with E-state index < -0.39 is 16.9 Å². The molecular weight excluding hydrogens is 432 g/mol. The summed E-state index contributed by atoms with van der Waals surface area (Å²) in [5.41, 5.74) is -0.371. The number of Topliss-reactive ketones (excluding diaryl/α,β-unsaturated/α-hetero) is 1. The third-order valence-corrected chi connectivity index (χ3v) is 10.7. The molecule has 4 fully saturated rings. The van der Waals surface area contributed by atoms with Crippen molar-refractivity contribution in [1.29, 1.82) is 0 Å². The van der Waals surface area contributed by atoms with Crippen LogP contribution in [0.2, 0.25) is 0 Å². The van der Waals surface area contributed by atoms with Crippen LogP contribution >= 0.6 is 11.6 Å². The van der Waals surface area contributed by atoms with Gasteiger partial charge in [0.05, 0.1) is 11.0 Å². The summed E-state index contributed by atoms with van der Waals surface area (Å²) < 4.78 is 10.5. The van der Waals surface area contributed by atoms with Gasteiger partial charge in [0.25, 0.3) is 0 Å². The molecule has 4 saturated carbocycles. The van der Waals surface area contributed by atoms with Gasteiger partial charge in [0.15, 0.2) is 5.78 Å². The maximum absolute atomic E-state index is 12.9. The normalized spacial score (nSPS) is 47.6. The molecule has 0 spiro atoms. The molecule has 4 rings (SSSR count). The zero-order valence-electron chi connectivity index (χ0n) is 19.7. The first-order valence-corrected chi connectivity index (χ1v) is 12.5. The Labute approximate surface area is 195 Å². The molecule has 0 amide bonds. The molecule has 0 heterocycles. The first kappa shape index (κ1) is 24.0. The molecule has 32 heavy (non-hydrogen) atoms. The molecule has 9 atom stereocenters. The first-order chi connectivity index (χ1) is 14.9. The minimum Gasteiger partial charge on any atom is -0.462 e. The minimum absolute atomic E-state index is 0.0276. The zero-order chi connectivity index (χ0) is 23.5. The van der Waals surface area contributed by atoms with E-state index in [0.29, 0.717) is 30.6 Å². The van der Waals surface area contributed by atoms with E-state index >= 15 is 0 Å². The largest absolute Gasteiger partial charge is 0.462 e. The number of halogens is 1. The van der Waals surface area contributed by atoms with Gasteiger partial charge in [-0.15, -0.1) is 11.6 Å². The van der Waals surface area contributed by atoms with Crippen molar-refractivity contribution in [3.63, 3.8) is 0 Å². The highest BCUT2D eigenvalue weighted by molar-refractivity contribution is 6.25. The Hall–Kier alpha value is -1.14. The number of esters is 2. The summed E-state index contributed by atoms with van der Waals surface area (Å²) in [7, 11) is 0. The Kier molecular flexibility index (Phi) is 6.20. The Bertz CT molecular complexity index is 799. The average Bonchev–Trinajstić information content (AvgIpc) is 3.05. The summed E-state index contributed by atoms with van der Waals surface area (Å²) in [6.07, 6.45) is 5.49. The van der Waals surface area contributed by atoms with Crippen LogP contribution in [0.1, 0.15) is 79.1 Å². The van der Waals surface area contributed by atoms with Gasteiger partial charge in [-0.1, -0.05) is 13.8 Å². The number of ketones is 1. The van der Waals surface area contributed by atoms with Crippen LogP contribution in [0.15, 0.2) is 0 Å². The third-order valence-electron chi connectivity index (χ3n) is 9.88. The summed E-state index contributed by atoms with van der Waals surface area (Å²) in [5, 5.41) is 11.3. The molecule has 180 valence electrons. The lowest BCUT2D eigenvalue weighted by molar-refractivity contribution is -0.173. The van der Waals surface area contributed by atoms with E-state index in [-0.39, 0.29) is 41.2 Å². The fourth-order valence-corrected chi connectivity index (χ4v) is 8.83. The van der Waals surface area contributed by atoms with E-state index in [0.717, 1.165) is 38.5 Å². The number of aliphatic hydroxyl groups is 1. The summed E-state index contributed by atoms with van der Waals surface area (Å²) in [6, 6.07) is 0. The summed E-state index contributed by atoms with van der Waals surface area (Å²) in [6.45, 7) is 7.07. The summed E-state index contributed by atoms with van der Waals surface area (Å²) >= 11 is 7.25. The second-order valence-electron chi connectivity index (χ2n) is 11.3. The van der Waals surface area contributed by atoms with Crippen molar-refractivity contribution in [2.75, 3.05) is 6.61 Å². The lowest BCUT2D eigenvalue weighted by atomic mass is 9.43. The molecule has 0 bridgehead atoms. The molecule has 0 radical (unpaired) electrons. The minimum atomic E-state index is -0.802. The number of aliphatic hydroxyl groups excluding tert-OH is 1. The molecule has 0 aliphatic heterocycles. The maximum Gasteiger partial charge on any atom is 0.303 e. The van der Waals surface area contributed by atoms with Gasteiger partial charge < -0.3 is 14.6 Å². The molecule has 7 heteroatoms. The van der Waals surface area contributed by atoms with Crippen LogP contribution in [0.5, 0.6) is 0 Å². The average molecular weight is 469 g/mol. The molecule has 4 aliphatic rings. The lowest BCUT2D eigenvalue weighted by Gasteiger charge is -2.65. The van der Waals surface area contributed by atoms with Crippen molar-refractivity contribution < 1.29 is 29.0 Å². The predicted octanol–water partition coefficient (Wildman–Crippen LogP) is 4.04. The van der Waals surface area contributed by atoms with Gasteiger partial charge in [-0.3, -0.25) is 14.4 Å². The number of ether oxygens (including phenoxy) is 2. The van der Waals surface area contributed by atoms with Crippen LogP contribution < -0.4 is 0 Å². The molecule has 0 aromatic heterocycles. The lowest BCUT2D eigenvalue weighted by Crippen LogP contribution is -2.66. The Morgan fingerprint density at radius 3 is 2.38 bits per heavy atom. The maximum atomic E-state index is 12.9. The van der Waals surface area contributed by atoms with Gasteiger partial charge >= 0.3 is 11.9 Å². The fraction of sp³-hybridized carbons (Fsp3) is 0.880. The van der Waals surface area contributed by atoms with E-state index in [9.17, 15) is 19.5 Å². The molecule has 1 N–H and O–H groups in total. The SMILES string of the molecule is CC(=O)OCC(=O)[C@H]1CCC2C3C[C@@H](O)[C@@]4(Cl)CC(OC(C)=O)CC[C@]4(C)C3CC[C@@]21C. The van der Waals surface area contributed by atoms with E-state index in [2.05, 4.69) is 13.8 Å². The van der Waals surface area contributed by atoms with Crippen LogP contribution in [-0.4, -0.2) is 46.5 Å². The number of rotatable bonds is 4. The van der Waals surface area contributed by atoms with Crippen molar-refractivity contribution in [3.8, 4) is 0 Å². The van der Waals surface area contributed by atoms with Crippen molar-refractivity contribution in [2.24, 2.45) is 34.5 Å². The number of alkyl halides is 1. The topological polar surface area (TPSA) is 89.9 Å². The quantitative estimate of drug-likeness (QED) is 0.494. The molecule has 4 unspecified atom stereocenters. The van der Waals surface area contributed by atoms with Gasteiger partial charge in [0.2, 0.25) is 0 Å². The Morgan fingerprint density at radius 1 is 1.00 bits per heavy atom. The van der Waals surface area contributed by atoms with Gasteiger partial charge in [-0.25, -0.2) is 0 Å². The van der Waals surface area contributed by atoms with E-state index in [1.807, 2.05) is 0 Å². The van der Waals surface area contributed by atoms with E-state index in [4.69, 9.17) is 21.1 Å². The monoisotopic (exact) mass is 468 g/mol. The van der Waals surface area contributed by atoms with Crippen molar-refractivity contribution >= 4 is 29.3 Å². The van der Waals surface area contributed by atoms with E-state index in [1.165, 1.54) is 13.8 Å². The number of hydrogen-bond acceptors (Lipinski definition) is 6. The van der Waals surface area contributed by atoms with Crippen LogP contribution in [0.3, 0.4) is 0 Å². The first-order valence-electron chi connectivity index (χ1n) is 12.1. The zero-order valence-corrected chi connectivity index (χ0v) is 20.5. The molecule has 0 aromatic carbocycles. The standard InChI is InChI=1S/C25H37ClO6/c1-14(27)31-13-21(29)20-6-5-18-17-11-22(30)25(26)12-16(32-15(2)28)7-10-24(25,4)19(17)8-9-23(18,20)3/h16-20,22,30H,5-13H2,1-4H3/t16?,17?,18?,19?,20-,22-,23+,24-,25+/m1/s1. The number of carbonyl (C=O) groups is 3. The number of fused-ring (bicyclic) bond motifs is 5. The van der Waals surface area contributed by atoms with Gasteiger partial charge in [0.1, 0.15) is 12.7 Å². The molecule has 6 nitrogen and oxygen atoms in total. The molecule has 0 saturated heterocycles. The molecular formula is C25H37ClO6. The van der Waals surface area contributed by atoms with E-state index in [1.54, 1.807) is 0 Å². The summed E-state index contributed by atoms with van der Waals surface area (Å²) in [5.74, 6) is 0.254. The van der Waals surface area contributed by atoms with Crippen LogP contribution in [0, 0.1) is 34.5 Å². The predicted molar refractivity (Wildman–Crippen MR) is 119 cm³/mol. The van der Waals surface area contributed by atoms with Crippen LogP contribution in [0.25, 0.3) is 0 Å². The van der Waals surface area contributed by atoms with Crippen molar-refractivity contribution in [2.45, 2.75) is 96.1 Å². The van der Waals surface area contributed by atoms with Gasteiger partial charge in [0, 0.05) is 26.2 Å². The smallest absolute Gasteiger partial charge is 0.303 e. The fourth-order valence-electron chi connectivity index (χ4n) is 8.33. The van der Waals surface area contributed by atoms with Crippen molar-refractivity contribution in [3.05, 3.63) is 0 Å². The summed E-state index contributed by atoms with van der Waals surface area (Å²) in [4.78, 5) is 34.8. The number of carbonyl (C=O) groups excluding carboxylic acids is 3. The van der Waals surface area contributed by atoms with Gasteiger partial charge in [-0.2, -0.15) is 0 Å². The van der Waals surface area contributed by atoms with Crippen molar-refractivity contribution in [1.82, 2.24) is 0 Å². The van der Waals surface area contributed by atoms with Crippen LogP contribution in [0.4, 0.5) is 0 Å². The molecule has 0 aromatic rings. The highest BCUT2D eigenvalue weighted by Crippen LogP contribution is 2.69. The number of hydrogen-bond donors (Lipinski definition) is 1.